The van der Waals surface area contributed by atoms with Gasteiger partial charge in [0.25, 0.3) is 5.91 Å². The number of nitrogens with zero attached hydrogens (tertiary/aromatic N) is 1. The van der Waals surface area contributed by atoms with Crippen molar-refractivity contribution in [2.45, 2.75) is 18.9 Å². The van der Waals surface area contributed by atoms with Crippen LogP contribution < -0.4 is 5.32 Å². The molecule has 0 saturated carbocycles. The van der Waals surface area contributed by atoms with Crippen molar-refractivity contribution in [3.63, 3.8) is 0 Å². The summed E-state index contributed by atoms with van der Waals surface area (Å²) in [6.07, 6.45) is 3.59. The van der Waals surface area contributed by atoms with E-state index in [4.69, 9.17) is 4.74 Å². The number of benzene rings is 1. The van der Waals surface area contributed by atoms with E-state index < -0.39 is 6.04 Å². The molecule has 0 spiro atoms. The van der Waals surface area contributed by atoms with Gasteiger partial charge in [-0.3, -0.25) is 9.59 Å². The lowest BCUT2D eigenvalue weighted by Crippen LogP contribution is -2.52. The summed E-state index contributed by atoms with van der Waals surface area (Å²) in [5, 5.41) is 2.83. The summed E-state index contributed by atoms with van der Waals surface area (Å²) >= 11 is 0. The molecule has 2 heterocycles. The molecule has 5 nitrogen and oxygen atoms in total. The molecule has 0 aliphatic carbocycles. The predicted molar refractivity (Wildman–Crippen MR) is 77.2 cm³/mol. The highest BCUT2D eigenvalue weighted by Crippen LogP contribution is 2.26. The van der Waals surface area contributed by atoms with Gasteiger partial charge in [0.15, 0.2) is 5.76 Å². The monoisotopic (exact) mass is 286 g/mol. The Hall–Kier alpha value is -2.30. The van der Waals surface area contributed by atoms with E-state index in [0.717, 1.165) is 18.4 Å². The van der Waals surface area contributed by atoms with Gasteiger partial charge < -0.3 is 15.0 Å². The molecule has 110 valence electrons. The number of amides is 2. The number of ether oxygens (including phenoxy) is 1. The fourth-order valence-electron chi connectivity index (χ4n) is 2.70. The molecule has 1 aromatic rings. The van der Waals surface area contributed by atoms with Crippen molar-refractivity contribution < 1.29 is 14.3 Å². The highest BCUT2D eigenvalue weighted by Gasteiger charge is 2.36. The molecule has 2 aliphatic heterocycles. The third kappa shape index (κ3) is 2.77. The molecule has 1 saturated heterocycles. The molecular formula is C16H18N2O3. The Bertz CT molecular complexity index is 568. The highest BCUT2D eigenvalue weighted by atomic mass is 16.5. The first kappa shape index (κ1) is 13.7. The van der Waals surface area contributed by atoms with Gasteiger partial charge in [0.05, 0.1) is 6.61 Å². The first-order valence-electron chi connectivity index (χ1n) is 7.24. The SMILES string of the molecule is O=C1NCCN(C(=O)C2=CCCCO2)C1c1ccccc1. The maximum absolute atomic E-state index is 12.6. The van der Waals surface area contributed by atoms with Crippen molar-refractivity contribution in [1.29, 1.82) is 0 Å². The summed E-state index contributed by atoms with van der Waals surface area (Å²) in [6.45, 7) is 1.53. The predicted octanol–water partition coefficient (Wildman–Crippen LogP) is 1.38. The first-order chi connectivity index (χ1) is 10.3. The molecule has 0 radical (unpaired) electrons. The summed E-state index contributed by atoms with van der Waals surface area (Å²) in [7, 11) is 0. The van der Waals surface area contributed by atoms with Crippen molar-refractivity contribution in [1.82, 2.24) is 10.2 Å². The molecule has 1 N–H and O–H groups in total. The lowest BCUT2D eigenvalue weighted by atomic mass is 10.0. The zero-order valence-corrected chi connectivity index (χ0v) is 11.7. The average Bonchev–Trinajstić information content (AvgIpc) is 2.55. The van der Waals surface area contributed by atoms with E-state index in [2.05, 4.69) is 5.32 Å². The lowest BCUT2D eigenvalue weighted by Gasteiger charge is -2.36. The van der Waals surface area contributed by atoms with Crippen molar-refractivity contribution in [2.75, 3.05) is 19.7 Å². The molecule has 3 rings (SSSR count). The van der Waals surface area contributed by atoms with Crippen LogP contribution in [0, 0.1) is 0 Å². The summed E-state index contributed by atoms with van der Waals surface area (Å²) in [5.74, 6) is 0.0347. The second-order valence-corrected chi connectivity index (χ2v) is 5.16. The quantitative estimate of drug-likeness (QED) is 0.893. The van der Waals surface area contributed by atoms with Gasteiger partial charge in [-0.15, -0.1) is 0 Å². The van der Waals surface area contributed by atoms with Gasteiger partial charge in [-0.05, 0) is 24.5 Å². The highest BCUT2D eigenvalue weighted by molar-refractivity contribution is 5.96. The Balaban J connectivity index is 1.89. The standard InChI is InChI=1S/C16H18N2O3/c19-15-14(12-6-2-1-3-7-12)18(10-9-17-15)16(20)13-8-4-5-11-21-13/h1-3,6-8,14H,4-5,9-11H2,(H,17,19). The molecular weight excluding hydrogens is 268 g/mol. The van der Waals surface area contributed by atoms with Gasteiger partial charge in [-0.1, -0.05) is 30.3 Å². The van der Waals surface area contributed by atoms with Gasteiger partial charge in [0.1, 0.15) is 6.04 Å². The lowest BCUT2D eigenvalue weighted by molar-refractivity contribution is -0.143. The molecule has 0 aromatic heterocycles. The van der Waals surface area contributed by atoms with E-state index >= 15 is 0 Å². The second-order valence-electron chi connectivity index (χ2n) is 5.16. The number of rotatable bonds is 2. The largest absolute Gasteiger partial charge is 0.488 e. The van der Waals surface area contributed by atoms with Crippen LogP contribution in [0.5, 0.6) is 0 Å². The molecule has 2 amide bonds. The minimum Gasteiger partial charge on any atom is -0.488 e. The number of allylic oxidation sites excluding steroid dienone is 1. The Labute approximate surface area is 123 Å². The number of carbonyl (C=O) groups is 2. The Morgan fingerprint density at radius 3 is 2.81 bits per heavy atom. The smallest absolute Gasteiger partial charge is 0.289 e. The molecule has 1 atom stereocenters. The second kappa shape index (κ2) is 5.99. The molecule has 1 unspecified atom stereocenters. The van der Waals surface area contributed by atoms with Gasteiger partial charge in [-0.2, -0.15) is 0 Å². The molecule has 5 heteroatoms. The summed E-state index contributed by atoms with van der Waals surface area (Å²) < 4.78 is 5.45. The Morgan fingerprint density at radius 2 is 2.10 bits per heavy atom. The zero-order valence-electron chi connectivity index (χ0n) is 11.7. The van der Waals surface area contributed by atoms with Crippen LogP contribution in [-0.4, -0.2) is 36.4 Å². The molecule has 2 aliphatic rings. The average molecular weight is 286 g/mol. The summed E-state index contributed by atoms with van der Waals surface area (Å²) in [4.78, 5) is 26.5. The van der Waals surface area contributed by atoms with E-state index in [-0.39, 0.29) is 11.8 Å². The van der Waals surface area contributed by atoms with Crippen molar-refractivity contribution in [3.05, 3.63) is 47.7 Å². The zero-order chi connectivity index (χ0) is 14.7. The van der Waals surface area contributed by atoms with Crippen LogP contribution in [0.15, 0.2) is 42.2 Å². The Kier molecular flexibility index (Phi) is 3.90. The molecule has 1 aromatic carbocycles. The van der Waals surface area contributed by atoms with Crippen LogP contribution in [0.25, 0.3) is 0 Å². The van der Waals surface area contributed by atoms with Crippen LogP contribution in [0.4, 0.5) is 0 Å². The van der Waals surface area contributed by atoms with Gasteiger partial charge in [-0.25, -0.2) is 0 Å². The molecule has 0 bridgehead atoms. The van der Waals surface area contributed by atoms with Gasteiger partial charge >= 0.3 is 0 Å². The Morgan fingerprint density at radius 1 is 1.29 bits per heavy atom. The van der Waals surface area contributed by atoms with Crippen LogP contribution >= 0.6 is 0 Å². The minimum atomic E-state index is -0.584. The van der Waals surface area contributed by atoms with Gasteiger partial charge in [0, 0.05) is 13.1 Å². The number of hydrogen-bond acceptors (Lipinski definition) is 3. The van der Waals surface area contributed by atoms with Gasteiger partial charge in [0.2, 0.25) is 5.91 Å². The topological polar surface area (TPSA) is 58.6 Å². The van der Waals surface area contributed by atoms with Crippen molar-refractivity contribution in [3.8, 4) is 0 Å². The maximum atomic E-state index is 12.6. The van der Waals surface area contributed by atoms with Crippen LogP contribution in [0.2, 0.25) is 0 Å². The van der Waals surface area contributed by atoms with E-state index in [1.54, 1.807) is 4.90 Å². The number of hydrogen-bond donors (Lipinski definition) is 1. The maximum Gasteiger partial charge on any atom is 0.289 e. The summed E-state index contributed by atoms with van der Waals surface area (Å²) in [5.41, 5.74) is 0.819. The van der Waals surface area contributed by atoms with Crippen molar-refractivity contribution >= 4 is 11.8 Å². The molecule has 21 heavy (non-hydrogen) atoms. The normalized spacial score (nSPS) is 22.1. The van der Waals surface area contributed by atoms with E-state index in [9.17, 15) is 9.59 Å². The van der Waals surface area contributed by atoms with Crippen LogP contribution in [0.1, 0.15) is 24.4 Å². The van der Waals surface area contributed by atoms with E-state index in [1.165, 1.54) is 0 Å². The fraction of sp³-hybridized carbons (Fsp3) is 0.375. The third-order valence-electron chi connectivity index (χ3n) is 3.73. The molecule has 1 fully saturated rings. The minimum absolute atomic E-state index is 0.141. The number of nitrogens with one attached hydrogen (secondary N) is 1. The first-order valence-corrected chi connectivity index (χ1v) is 7.24. The van der Waals surface area contributed by atoms with Crippen LogP contribution in [-0.2, 0) is 14.3 Å². The van der Waals surface area contributed by atoms with Crippen LogP contribution in [0.3, 0.4) is 0 Å². The van der Waals surface area contributed by atoms with E-state index in [1.807, 2.05) is 36.4 Å². The van der Waals surface area contributed by atoms with Crippen molar-refractivity contribution in [2.24, 2.45) is 0 Å². The third-order valence-corrected chi connectivity index (χ3v) is 3.73. The number of carbonyl (C=O) groups excluding carboxylic acids is 2. The van der Waals surface area contributed by atoms with E-state index in [0.29, 0.717) is 25.5 Å². The number of piperazine rings is 1. The summed E-state index contributed by atoms with van der Waals surface area (Å²) in [6, 6.07) is 8.78. The fourth-order valence-corrected chi connectivity index (χ4v) is 2.70.